The summed E-state index contributed by atoms with van der Waals surface area (Å²) in [6.45, 7) is 7.58. The van der Waals surface area contributed by atoms with E-state index >= 15 is 9.59 Å². The van der Waals surface area contributed by atoms with E-state index in [0.717, 1.165) is 13.8 Å². The predicted molar refractivity (Wildman–Crippen MR) is 270 cm³/mol. The van der Waals surface area contributed by atoms with Gasteiger partial charge < -0.3 is 53.4 Å². The van der Waals surface area contributed by atoms with Crippen LogP contribution in [0.25, 0.3) is 0 Å². The third-order valence-corrected chi connectivity index (χ3v) is 17.0. The van der Waals surface area contributed by atoms with Gasteiger partial charge in [-0.05, 0) is 54.8 Å². The smallest absolute Gasteiger partial charge is 0.455 e. The highest BCUT2D eigenvalue weighted by molar-refractivity contribution is 8.76. The van der Waals surface area contributed by atoms with Gasteiger partial charge in [0.2, 0.25) is 6.10 Å². The Kier molecular flexibility index (Phi) is 17.8. The summed E-state index contributed by atoms with van der Waals surface area (Å²) in [5.74, 6) is -6.63. The number of hydrogen-bond donors (Lipinski definition) is 3. The molecule has 0 spiro atoms. The van der Waals surface area contributed by atoms with Gasteiger partial charge >= 0.3 is 35.5 Å². The number of ether oxygens (including phenoxy) is 8. The zero-order chi connectivity index (χ0) is 54.5. The summed E-state index contributed by atoms with van der Waals surface area (Å²) in [4.78, 5) is 110. The Balaban J connectivity index is 1.35. The van der Waals surface area contributed by atoms with Crippen molar-refractivity contribution in [2.24, 2.45) is 16.7 Å². The van der Waals surface area contributed by atoms with Gasteiger partial charge in [-0.1, -0.05) is 102 Å². The molecule has 1 saturated heterocycles. The number of benzene rings is 3. The Morgan fingerprint density at radius 2 is 1.40 bits per heavy atom. The second kappa shape index (κ2) is 23.5. The van der Waals surface area contributed by atoms with E-state index in [2.05, 4.69) is 5.32 Å². The molecule has 3 N–H and O–H groups in total. The first-order valence-corrected chi connectivity index (χ1v) is 26.8. The summed E-state index contributed by atoms with van der Waals surface area (Å²) >= 11 is 5.21. The molecule has 0 radical (unpaired) electrons. The first-order chi connectivity index (χ1) is 35.6. The average molecular weight is 1100 g/mol. The van der Waals surface area contributed by atoms with Gasteiger partial charge in [-0.3, -0.25) is 19.2 Å². The van der Waals surface area contributed by atoms with Crippen LogP contribution in [0.2, 0.25) is 0 Å². The third-order valence-electron chi connectivity index (χ3n) is 14.5. The van der Waals surface area contributed by atoms with E-state index in [4.69, 9.17) is 49.5 Å². The van der Waals surface area contributed by atoms with Gasteiger partial charge in [-0.2, -0.15) is 0 Å². The molecule has 75 heavy (non-hydrogen) atoms. The normalized spacial score (nSPS) is 28.1. The monoisotopic (exact) mass is 1100 g/mol. The van der Waals surface area contributed by atoms with E-state index in [1.165, 1.54) is 73.5 Å². The van der Waals surface area contributed by atoms with Gasteiger partial charge in [0.15, 0.2) is 17.5 Å². The number of ketones is 1. The van der Waals surface area contributed by atoms with Crippen molar-refractivity contribution in [1.82, 2.24) is 5.32 Å². The Morgan fingerprint density at radius 3 is 1.96 bits per heavy atom. The first kappa shape index (κ1) is 56.8. The molecule has 0 unspecified atom stereocenters. The summed E-state index contributed by atoms with van der Waals surface area (Å²) in [5, 5.41) is 29.0. The zero-order valence-corrected chi connectivity index (χ0v) is 44.2. The number of amides is 1. The maximum Gasteiger partial charge on any atom is 0.509 e. The fourth-order valence-corrected chi connectivity index (χ4v) is 12.6. The number of aliphatic hydroxyl groups excluding tert-OH is 1. The van der Waals surface area contributed by atoms with E-state index in [1.54, 1.807) is 66.7 Å². The molecule has 3 aromatic carbocycles. The summed E-state index contributed by atoms with van der Waals surface area (Å²) in [6.07, 6.45) is -12.4. The van der Waals surface area contributed by atoms with Crippen molar-refractivity contribution in [1.29, 1.82) is 0 Å². The summed E-state index contributed by atoms with van der Waals surface area (Å²) < 4.78 is 46.7. The number of aliphatic hydroxyl groups is 2. The van der Waals surface area contributed by atoms with Crippen LogP contribution in [-0.4, -0.2) is 137 Å². The number of hydrogen-bond acceptors (Lipinski definition) is 20. The SMILES string of the molecule is CC(=O)O[C@H]1C(=O)[C@@]2(C)[C@H]([C@H](OC(=O)c3ccccc3)[C@]3(O)C[C@H](OC(=O)[C@H](OC(=O)OCCSSCCOC(=O)Cl)[C@@H](NC(=O)c4ccccc4)c4ccccc4)C(C)=C1C3(C)C)[C@]1(OC(C)=O)CO[C@@H]1C[C@@H]2O. The molecule has 1 aliphatic heterocycles. The molecule has 0 aromatic heterocycles. The number of halogens is 1. The number of esters is 4. The maximum atomic E-state index is 15.7. The van der Waals surface area contributed by atoms with Crippen LogP contribution < -0.4 is 5.32 Å². The minimum Gasteiger partial charge on any atom is -0.455 e. The van der Waals surface area contributed by atoms with Crippen molar-refractivity contribution in [3.8, 4) is 0 Å². The average Bonchev–Trinajstić information content (AvgIpc) is 3.42. The second-order valence-corrected chi connectivity index (χ2v) is 22.3. The lowest BCUT2D eigenvalue weighted by Gasteiger charge is -2.67. The van der Waals surface area contributed by atoms with Crippen LogP contribution in [0.3, 0.4) is 0 Å². The lowest BCUT2D eigenvalue weighted by atomic mass is 9.44. The quantitative estimate of drug-likeness (QED) is 0.0300. The lowest BCUT2D eigenvalue weighted by Crippen LogP contribution is -2.82. The Bertz CT molecular complexity index is 2680. The summed E-state index contributed by atoms with van der Waals surface area (Å²) in [7, 11) is 2.58. The molecule has 2 saturated carbocycles. The van der Waals surface area contributed by atoms with Crippen LogP contribution in [0.15, 0.2) is 102 Å². The molecule has 11 atom stereocenters. The highest BCUT2D eigenvalue weighted by Crippen LogP contribution is 2.64. The van der Waals surface area contributed by atoms with Gasteiger partial charge in [0.05, 0.1) is 29.6 Å². The number of Topliss-reactive ketones (excluding diaryl/α,β-unsaturated/α-hetero) is 1. The van der Waals surface area contributed by atoms with E-state index in [1.807, 2.05) is 0 Å². The van der Waals surface area contributed by atoms with Crippen LogP contribution in [0.5, 0.6) is 0 Å². The maximum absolute atomic E-state index is 15.7. The number of fused-ring (bicyclic) bond motifs is 5. The van der Waals surface area contributed by atoms with Gasteiger partial charge in [-0.15, -0.1) is 0 Å². The molecule has 1 heterocycles. The molecule has 7 rings (SSSR count). The van der Waals surface area contributed by atoms with Crippen LogP contribution in [0, 0.1) is 16.7 Å². The van der Waals surface area contributed by atoms with Gasteiger partial charge in [0.1, 0.15) is 43.2 Å². The van der Waals surface area contributed by atoms with Gasteiger partial charge in [0.25, 0.3) is 5.91 Å². The molecule has 3 aliphatic carbocycles. The van der Waals surface area contributed by atoms with Gasteiger partial charge in [-0.25, -0.2) is 19.2 Å². The van der Waals surface area contributed by atoms with Crippen molar-refractivity contribution in [3.05, 3.63) is 119 Å². The number of carbonyl (C=O) groups is 8. The molecule has 4 aliphatic rings. The topological polar surface area (TPSA) is 263 Å². The zero-order valence-electron chi connectivity index (χ0n) is 41.8. The van der Waals surface area contributed by atoms with Crippen molar-refractivity contribution in [2.75, 3.05) is 31.3 Å². The van der Waals surface area contributed by atoms with Crippen molar-refractivity contribution >= 4 is 80.3 Å². The van der Waals surface area contributed by atoms with Crippen molar-refractivity contribution in [2.45, 2.75) is 108 Å². The number of nitrogens with one attached hydrogen (secondary N) is 1. The Labute approximate surface area is 445 Å². The van der Waals surface area contributed by atoms with E-state index in [-0.39, 0.29) is 59.8 Å². The fraction of sp³-hybridized carbons (Fsp3) is 0.472. The molecule has 3 fully saturated rings. The highest BCUT2D eigenvalue weighted by atomic mass is 35.5. The number of carbonyl (C=O) groups excluding carboxylic acids is 8. The molecule has 1 amide bonds. The van der Waals surface area contributed by atoms with E-state index in [0.29, 0.717) is 5.75 Å². The van der Waals surface area contributed by atoms with Crippen LogP contribution >= 0.6 is 33.2 Å². The Morgan fingerprint density at radius 1 is 0.813 bits per heavy atom. The first-order valence-electron chi connectivity index (χ1n) is 24.0. The lowest BCUT2D eigenvalue weighted by molar-refractivity contribution is -0.346. The van der Waals surface area contributed by atoms with Crippen LogP contribution in [0.4, 0.5) is 9.59 Å². The minimum atomic E-state index is -2.50. The largest absolute Gasteiger partial charge is 0.509 e. The minimum absolute atomic E-state index is 0.0279. The summed E-state index contributed by atoms with van der Waals surface area (Å²) in [6, 6.07) is 22.4. The van der Waals surface area contributed by atoms with E-state index in [9.17, 15) is 39.0 Å². The molecule has 2 bridgehead atoms. The van der Waals surface area contributed by atoms with Crippen molar-refractivity contribution < 1.29 is 86.5 Å². The molecular weight excluding hydrogens is 1040 g/mol. The van der Waals surface area contributed by atoms with Crippen LogP contribution in [-0.2, 0) is 57.1 Å². The van der Waals surface area contributed by atoms with E-state index < -0.39 is 124 Å². The fourth-order valence-electron chi connectivity index (χ4n) is 10.9. The van der Waals surface area contributed by atoms with Crippen LogP contribution in [0.1, 0.15) is 86.7 Å². The molecular formula is C53H58ClNO18S2. The van der Waals surface area contributed by atoms with Crippen molar-refractivity contribution in [3.63, 3.8) is 0 Å². The third kappa shape index (κ3) is 11.6. The predicted octanol–water partition coefficient (Wildman–Crippen LogP) is 6.65. The van der Waals surface area contributed by atoms with Gasteiger partial charge in [0, 0.05) is 60.8 Å². The Hall–Kier alpha value is -5.97. The highest BCUT2D eigenvalue weighted by Gasteiger charge is 2.78. The molecule has 3 aromatic rings. The second-order valence-electron chi connectivity index (χ2n) is 19.3. The molecule has 19 nitrogen and oxygen atoms in total. The summed E-state index contributed by atoms with van der Waals surface area (Å²) in [5.41, 5.74) is -8.64. The number of rotatable bonds is 18. The molecule has 402 valence electrons. The molecule has 22 heteroatoms. The standard InChI is InChI=1S/C53H58ClNO18S2/c1-29-35(70-47(62)41(71-49(64)67-23-25-75-74-24-22-66-48(54)63)39(32-16-10-7-11-17-32)55-45(60)33-18-12-8-13-19-33)27-53(65)44(72-46(61)34-20-14-9-15-21-34)42-51(6,36(58)26-37-52(42,28-68-37)73-31(3)57)43(59)40(69-30(2)56)38(29)50(53,4)5/h7-21,35-37,39-42,44,58,65H,22-28H2,1-6H3,(H,55,60)/t35-,36-,37+,39-,40+,41+,42-,44-,51+,52-,53+/m0/s1.